The lowest BCUT2D eigenvalue weighted by Crippen LogP contribution is -2.40. The Hall–Kier alpha value is -1.11. The zero-order valence-corrected chi connectivity index (χ0v) is 11.5. The maximum Gasteiger partial charge on any atom is 0.247 e. The maximum atomic E-state index is 12.6. The van der Waals surface area contributed by atoms with E-state index in [1.165, 1.54) is 16.4 Å². The van der Waals surface area contributed by atoms with E-state index in [0.29, 0.717) is 0 Å². The van der Waals surface area contributed by atoms with Crippen molar-refractivity contribution in [1.29, 1.82) is 0 Å². The van der Waals surface area contributed by atoms with Gasteiger partial charge < -0.3 is 10.2 Å². The quantitative estimate of drug-likeness (QED) is 0.855. The number of phenols is 1. The highest BCUT2D eigenvalue weighted by Gasteiger charge is 2.34. The Bertz CT molecular complexity index is 523. The van der Waals surface area contributed by atoms with Gasteiger partial charge in [-0.25, -0.2) is 8.42 Å². The average molecular weight is 285 g/mol. The highest BCUT2D eigenvalue weighted by atomic mass is 32.2. The van der Waals surface area contributed by atoms with Gasteiger partial charge in [0.1, 0.15) is 10.6 Å². The molecule has 2 N–H and O–H groups in total. The number of aromatic hydroxyl groups is 1. The smallest absolute Gasteiger partial charge is 0.247 e. The molecule has 1 aromatic rings. The van der Waals surface area contributed by atoms with E-state index in [-0.39, 0.29) is 29.8 Å². The molecule has 0 spiro atoms. The summed E-state index contributed by atoms with van der Waals surface area (Å²) in [6.07, 6.45) is 3.63. The molecule has 0 amide bonds. The van der Waals surface area contributed by atoms with Crippen molar-refractivity contribution in [3.8, 4) is 5.75 Å². The lowest BCUT2D eigenvalue weighted by Gasteiger charge is -2.27. The first kappa shape index (κ1) is 14.3. The van der Waals surface area contributed by atoms with Gasteiger partial charge in [0.15, 0.2) is 0 Å². The Morgan fingerprint density at radius 3 is 2.42 bits per heavy atom. The molecule has 0 aliphatic heterocycles. The summed E-state index contributed by atoms with van der Waals surface area (Å²) in [7, 11) is -3.75. The monoisotopic (exact) mass is 285 g/mol. The van der Waals surface area contributed by atoms with Crippen molar-refractivity contribution in [2.75, 3.05) is 13.2 Å². The summed E-state index contributed by atoms with van der Waals surface area (Å²) in [5.74, 6) is -0.247. The van der Waals surface area contributed by atoms with Gasteiger partial charge >= 0.3 is 0 Å². The molecular formula is C13H19NO4S. The molecule has 19 heavy (non-hydrogen) atoms. The molecule has 0 atom stereocenters. The van der Waals surface area contributed by atoms with E-state index < -0.39 is 10.0 Å². The third kappa shape index (κ3) is 2.91. The molecule has 1 saturated carbocycles. The van der Waals surface area contributed by atoms with Crippen LogP contribution in [0.15, 0.2) is 29.2 Å². The van der Waals surface area contributed by atoms with Gasteiger partial charge in [0.25, 0.3) is 0 Å². The molecule has 0 aromatic heterocycles. The summed E-state index contributed by atoms with van der Waals surface area (Å²) in [6, 6.07) is 5.85. The molecule has 106 valence electrons. The predicted octanol–water partition coefficient (Wildman–Crippen LogP) is 1.32. The lowest BCUT2D eigenvalue weighted by atomic mass is 10.2. The van der Waals surface area contributed by atoms with Crippen molar-refractivity contribution in [2.45, 2.75) is 36.6 Å². The minimum atomic E-state index is -3.75. The van der Waals surface area contributed by atoms with E-state index in [4.69, 9.17) is 5.11 Å². The lowest BCUT2D eigenvalue weighted by molar-refractivity contribution is 0.226. The van der Waals surface area contributed by atoms with Crippen LogP contribution in [0.2, 0.25) is 0 Å². The Labute approximate surface area is 113 Å². The second-order valence-electron chi connectivity index (χ2n) is 4.75. The van der Waals surface area contributed by atoms with Crippen molar-refractivity contribution in [2.24, 2.45) is 0 Å². The Morgan fingerprint density at radius 2 is 1.84 bits per heavy atom. The maximum absolute atomic E-state index is 12.6. The number of rotatable bonds is 5. The molecule has 1 aromatic carbocycles. The van der Waals surface area contributed by atoms with Gasteiger partial charge in [-0.1, -0.05) is 25.0 Å². The molecular weight excluding hydrogens is 266 g/mol. The van der Waals surface area contributed by atoms with Gasteiger partial charge in [-0.2, -0.15) is 4.31 Å². The van der Waals surface area contributed by atoms with Gasteiger partial charge in [-0.15, -0.1) is 0 Å². The van der Waals surface area contributed by atoms with Crippen LogP contribution in [0.25, 0.3) is 0 Å². The number of hydrogen-bond acceptors (Lipinski definition) is 4. The first-order chi connectivity index (χ1) is 9.07. The van der Waals surface area contributed by atoms with Gasteiger partial charge in [0, 0.05) is 12.6 Å². The molecule has 5 nitrogen and oxygen atoms in total. The van der Waals surface area contributed by atoms with Crippen LogP contribution in [0.3, 0.4) is 0 Å². The van der Waals surface area contributed by atoms with Crippen molar-refractivity contribution >= 4 is 10.0 Å². The molecule has 0 saturated heterocycles. The summed E-state index contributed by atoms with van der Waals surface area (Å²) in [5, 5.41) is 18.8. The molecule has 0 heterocycles. The van der Waals surface area contributed by atoms with Crippen molar-refractivity contribution < 1.29 is 18.6 Å². The van der Waals surface area contributed by atoms with Crippen LogP contribution in [0.4, 0.5) is 0 Å². The largest absolute Gasteiger partial charge is 0.507 e. The predicted molar refractivity (Wildman–Crippen MR) is 71.3 cm³/mol. The number of nitrogens with zero attached hydrogens (tertiary/aromatic N) is 1. The number of phenolic OH excluding ortho intramolecular Hbond substituents is 1. The minimum absolute atomic E-state index is 0.0708. The first-order valence-corrected chi connectivity index (χ1v) is 7.92. The van der Waals surface area contributed by atoms with E-state index in [1.807, 2.05) is 0 Å². The van der Waals surface area contributed by atoms with Crippen LogP contribution in [-0.4, -0.2) is 42.1 Å². The van der Waals surface area contributed by atoms with E-state index in [0.717, 1.165) is 25.7 Å². The SMILES string of the molecule is O=S(=O)(c1ccccc1O)N(CCO)C1CCCC1. The second-order valence-corrected chi connectivity index (χ2v) is 6.60. The summed E-state index contributed by atoms with van der Waals surface area (Å²) in [4.78, 5) is -0.0876. The number of sulfonamides is 1. The molecule has 0 bridgehead atoms. The summed E-state index contributed by atoms with van der Waals surface area (Å²) in [5.41, 5.74) is 0. The molecule has 0 radical (unpaired) electrons. The van der Waals surface area contributed by atoms with Crippen LogP contribution in [-0.2, 0) is 10.0 Å². The summed E-state index contributed by atoms with van der Waals surface area (Å²) in [6.45, 7) is -0.148. The molecule has 2 rings (SSSR count). The Balaban J connectivity index is 2.36. The Kier molecular flexibility index (Phi) is 4.44. The third-order valence-corrected chi connectivity index (χ3v) is 5.50. The van der Waals surface area contributed by atoms with Crippen LogP contribution in [0, 0.1) is 0 Å². The number of aliphatic hydroxyl groups excluding tert-OH is 1. The van der Waals surface area contributed by atoms with Gasteiger partial charge in [-0.05, 0) is 25.0 Å². The number of hydrogen-bond donors (Lipinski definition) is 2. The summed E-state index contributed by atoms with van der Waals surface area (Å²) >= 11 is 0. The van der Waals surface area contributed by atoms with Gasteiger partial charge in [-0.3, -0.25) is 0 Å². The fourth-order valence-corrected chi connectivity index (χ4v) is 4.35. The fraction of sp³-hybridized carbons (Fsp3) is 0.538. The van der Waals surface area contributed by atoms with E-state index in [2.05, 4.69) is 0 Å². The van der Waals surface area contributed by atoms with E-state index in [9.17, 15) is 13.5 Å². The normalized spacial score (nSPS) is 17.2. The Morgan fingerprint density at radius 1 is 1.21 bits per heavy atom. The van der Waals surface area contributed by atoms with Crippen molar-refractivity contribution in [3.05, 3.63) is 24.3 Å². The van der Waals surface area contributed by atoms with Gasteiger partial charge in [0.05, 0.1) is 6.61 Å². The van der Waals surface area contributed by atoms with Crippen LogP contribution in [0.1, 0.15) is 25.7 Å². The zero-order valence-electron chi connectivity index (χ0n) is 10.7. The number of para-hydroxylation sites is 1. The fourth-order valence-electron chi connectivity index (χ4n) is 2.59. The van der Waals surface area contributed by atoms with Gasteiger partial charge in [0.2, 0.25) is 10.0 Å². The molecule has 1 fully saturated rings. The standard InChI is InChI=1S/C13H19NO4S/c15-10-9-14(11-5-1-2-6-11)19(17,18)13-8-4-3-7-12(13)16/h3-4,7-8,11,15-16H,1-2,5-6,9-10H2. The topological polar surface area (TPSA) is 77.8 Å². The second kappa shape index (κ2) is 5.90. The van der Waals surface area contributed by atoms with Crippen LogP contribution >= 0.6 is 0 Å². The van der Waals surface area contributed by atoms with Crippen molar-refractivity contribution in [3.63, 3.8) is 0 Å². The van der Waals surface area contributed by atoms with Crippen molar-refractivity contribution in [1.82, 2.24) is 4.31 Å². The van der Waals surface area contributed by atoms with Crippen LogP contribution in [0.5, 0.6) is 5.75 Å². The average Bonchev–Trinajstić information content (AvgIpc) is 2.89. The zero-order chi connectivity index (χ0) is 13.9. The van der Waals surface area contributed by atoms with E-state index in [1.54, 1.807) is 12.1 Å². The first-order valence-electron chi connectivity index (χ1n) is 6.48. The highest BCUT2D eigenvalue weighted by molar-refractivity contribution is 7.89. The highest BCUT2D eigenvalue weighted by Crippen LogP contribution is 2.31. The molecule has 6 heteroatoms. The molecule has 1 aliphatic rings. The minimum Gasteiger partial charge on any atom is -0.507 e. The molecule has 1 aliphatic carbocycles. The van der Waals surface area contributed by atoms with Crippen LogP contribution < -0.4 is 0 Å². The molecule has 0 unspecified atom stereocenters. The van der Waals surface area contributed by atoms with E-state index >= 15 is 0 Å². The summed E-state index contributed by atoms with van der Waals surface area (Å²) < 4.78 is 26.5. The third-order valence-electron chi connectivity index (χ3n) is 3.50. The number of aliphatic hydroxyl groups is 1. The number of benzene rings is 1.